The molecular formula is C15H23N3O. The molecule has 4 nitrogen and oxygen atoms in total. The Kier molecular flexibility index (Phi) is 4.77. The van der Waals surface area contributed by atoms with Gasteiger partial charge in [0, 0.05) is 19.1 Å². The quantitative estimate of drug-likeness (QED) is 0.906. The number of amides is 1. The van der Waals surface area contributed by atoms with Gasteiger partial charge in [-0.1, -0.05) is 6.92 Å². The Morgan fingerprint density at radius 3 is 2.68 bits per heavy atom. The van der Waals surface area contributed by atoms with E-state index in [1.807, 2.05) is 17.0 Å². The van der Waals surface area contributed by atoms with E-state index < -0.39 is 0 Å². The monoisotopic (exact) mass is 261 g/mol. The molecule has 0 aromatic carbocycles. The minimum absolute atomic E-state index is 0.0646. The van der Waals surface area contributed by atoms with Crippen molar-refractivity contribution in [2.75, 3.05) is 18.4 Å². The lowest BCUT2D eigenvalue weighted by Gasteiger charge is -2.26. The first kappa shape index (κ1) is 13.8. The normalized spacial score (nSPS) is 17.1. The average molecular weight is 261 g/mol. The fraction of sp³-hybridized carbons (Fsp3) is 0.600. The minimum Gasteiger partial charge on any atom is -0.381 e. The summed E-state index contributed by atoms with van der Waals surface area (Å²) in [5, 5.41) is 3.35. The van der Waals surface area contributed by atoms with Crippen LogP contribution in [0.4, 0.5) is 5.69 Å². The smallest absolute Gasteiger partial charge is 0.272 e. The van der Waals surface area contributed by atoms with Gasteiger partial charge in [0.15, 0.2) is 0 Å². The summed E-state index contributed by atoms with van der Waals surface area (Å²) in [5.41, 5.74) is 1.53. The second-order valence-electron chi connectivity index (χ2n) is 5.24. The molecule has 0 aliphatic carbocycles. The van der Waals surface area contributed by atoms with Crippen LogP contribution in [0, 0.1) is 0 Å². The predicted octanol–water partition coefficient (Wildman–Crippen LogP) is 2.92. The van der Waals surface area contributed by atoms with Crippen LogP contribution in [0.1, 0.15) is 50.0 Å². The highest BCUT2D eigenvalue weighted by molar-refractivity contribution is 5.92. The van der Waals surface area contributed by atoms with Crippen LogP contribution in [0.15, 0.2) is 18.3 Å². The van der Waals surface area contributed by atoms with Gasteiger partial charge in [0.2, 0.25) is 0 Å². The number of nitrogens with zero attached hydrogens (tertiary/aromatic N) is 2. The van der Waals surface area contributed by atoms with Gasteiger partial charge in [-0.25, -0.2) is 4.98 Å². The van der Waals surface area contributed by atoms with Gasteiger partial charge in [0.25, 0.3) is 5.91 Å². The number of nitrogens with one attached hydrogen (secondary N) is 1. The zero-order chi connectivity index (χ0) is 13.7. The van der Waals surface area contributed by atoms with Gasteiger partial charge in [-0.3, -0.25) is 4.79 Å². The fourth-order valence-electron chi connectivity index (χ4n) is 2.25. The predicted molar refractivity (Wildman–Crippen MR) is 77.4 cm³/mol. The van der Waals surface area contributed by atoms with E-state index in [0.29, 0.717) is 11.7 Å². The fourth-order valence-corrected chi connectivity index (χ4v) is 2.25. The number of rotatable bonds is 4. The number of hydrogen-bond acceptors (Lipinski definition) is 3. The summed E-state index contributed by atoms with van der Waals surface area (Å²) < 4.78 is 0. The number of anilines is 1. The van der Waals surface area contributed by atoms with Crippen molar-refractivity contribution >= 4 is 11.6 Å². The molecule has 0 saturated carbocycles. The van der Waals surface area contributed by atoms with E-state index in [0.717, 1.165) is 38.0 Å². The molecule has 0 bridgehead atoms. The van der Waals surface area contributed by atoms with Crippen LogP contribution in [-0.4, -0.2) is 34.9 Å². The Hall–Kier alpha value is -1.58. The van der Waals surface area contributed by atoms with E-state index in [2.05, 4.69) is 24.1 Å². The highest BCUT2D eigenvalue weighted by atomic mass is 16.2. The number of carbonyl (C=O) groups excluding carboxylic acids is 1. The average Bonchev–Trinajstić information content (AvgIpc) is 2.48. The van der Waals surface area contributed by atoms with Gasteiger partial charge in [-0.2, -0.15) is 0 Å². The van der Waals surface area contributed by atoms with Gasteiger partial charge in [0.1, 0.15) is 5.69 Å². The van der Waals surface area contributed by atoms with Crippen molar-refractivity contribution in [2.24, 2.45) is 0 Å². The molecule has 1 atom stereocenters. The van der Waals surface area contributed by atoms with E-state index in [1.54, 1.807) is 6.20 Å². The number of piperidine rings is 1. The van der Waals surface area contributed by atoms with Crippen LogP contribution in [-0.2, 0) is 0 Å². The number of likely N-dealkylation sites (tertiary alicyclic amines) is 1. The summed E-state index contributed by atoms with van der Waals surface area (Å²) in [4.78, 5) is 18.4. The third kappa shape index (κ3) is 3.69. The van der Waals surface area contributed by atoms with Crippen molar-refractivity contribution in [1.29, 1.82) is 0 Å². The molecule has 1 unspecified atom stereocenters. The lowest BCUT2D eigenvalue weighted by atomic mass is 10.1. The molecule has 2 heterocycles. The summed E-state index contributed by atoms with van der Waals surface area (Å²) in [6.07, 6.45) is 6.27. The second-order valence-corrected chi connectivity index (χ2v) is 5.24. The Balaban J connectivity index is 1.99. The molecule has 1 aliphatic heterocycles. The number of hydrogen-bond donors (Lipinski definition) is 1. The largest absolute Gasteiger partial charge is 0.381 e. The van der Waals surface area contributed by atoms with E-state index in [-0.39, 0.29) is 5.91 Å². The Morgan fingerprint density at radius 2 is 2.11 bits per heavy atom. The van der Waals surface area contributed by atoms with E-state index in [9.17, 15) is 4.79 Å². The van der Waals surface area contributed by atoms with E-state index >= 15 is 0 Å². The minimum atomic E-state index is 0.0646. The molecule has 1 fully saturated rings. The first-order valence-corrected chi connectivity index (χ1v) is 7.22. The van der Waals surface area contributed by atoms with Gasteiger partial charge >= 0.3 is 0 Å². The molecule has 104 valence electrons. The van der Waals surface area contributed by atoms with Crippen LogP contribution < -0.4 is 5.32 Å². The maximum absolute atomic E-state index is 12.2. The van der Waals surface area contributed by atoms with Crippen molar-refractivity contribution in [3.8, 4) is 0 Å². The summed E-state index contributed by atoms with van der Waals surface area (Å²) in [6.45, 7) is 6.01. The van der Waals surface area contributed by atoms with Crippen LogP contribution >= 0.6 is 0 Å². The second kappa shape index (κ2) is 6.55. The van der Waals surface area contributed by atoms with Crippen molar-refractivity contribution < 1.29 is 4.79 Å². The Labute approximate surface area is 115 Å². The highest BCUT2D eigenvalue weighted by Gasteiger charge is 2.18. The first-order valence-electron chi connectivity index (χ1n) is 7.22. The molecule has 1 aromatic rings. The van der Waals surface area contributed by atoms with Crippen molar-refractivity contribution in [3.63, 3.8) is 0 Å². The van der Waals surface area contributed by atoms with Crippen LogP contribution in [0.5, 0.6) is 0 Å². The zero-order valence-electron chi connectivity index (χ0n) is 11.9. The molecule has 19 heavy (non-hydrogen) atoms. The van der Waals surface area contributed by atoms with Crippen LogP contribution in [0.2, 0.25) is 0 Å². The van der Waals surface area contributed by atoms with Crippen LogP contribution in [0.3, 0.4) is 0 Å². The van der Waals surface area contributed by atoms with E-state index in [4.69, 9.17) is 0 Å². The molecular weight excluding hydrogens is 238 g/mol. The van der Waals surface area contributed by atoms with Crippen LogP contribution in [0.25, 0.3) is 0 Å². The van der Waals surface area contributed by atoms with Crippen molar-refractivity contribution in [2.45, 2.75) is 45.6 Å². The molecule has 1 aromatic heterocycles. The number of carbonyl (C=O) groups is 1. The molecule has 2 rings (SSSR count). The molecule has 1 aliphatic rings. The maximum atomic E-state index is 12.2. The lowest BCUT2D eigenvalue weighted by Crippen LogP contribution is -2.36. The maximum Gasteiger partial charge on any atom is 0.272 e. The molecule has 0 radical (unpaired) electrons. The van der Waals surface area contributed by atoms with Gasteiger partial charge in [0.05, 0.1) is 11.9 Å². The van der Waals surface area contributed by atoms with Crippen molar-refractivity contribution in [1.82, 2.24) is 9.88 Å². The number of aromatic nitrogens is 1. The van der Waals surface area contributed by atoms with Gasteiger partial charge in [-0.15, -0.1) is 0 Å². The SMILES string of the molecule is CCC(C)Nc1ccc(C(=O)N2CCCCC2)nc1. The third-order valence-electron chi connectivity index (χ3n) is 3.65. The Morgan fingerprint density at radius 1 is 1.37 bits per heavy atom. The molecule has 0 spiro atoms. The highest BCUT2D eigenvalue weighted by Crippen LogP contribution is 2.14. The summed E-state index contributed by atoms with van der Waals surface area (Å²) >= 11 is 0. The third-order valence-corrected chi connectivity index (χ3v) is 3.65. The standard InChI is InChI=1S/C15H23N3O/c1-3-12(2)17-13-7-8-14(16-11-13)15(19)18-9-5-4-6-10-18/h7-8,11-12,17H,3-6,9-10H2,1-2H3. The molecule has 1 saturated heterocycles. The first-order chi connectivity index (χ1) is 9.20. The summed E-state index contributed by atoms with van der Waals surface area (Å²) in [7, 11) is 0. The molecule has 1 N–H and O–H groups in total. The zero-order valence-corrected chi connectivity index (χ0v) is 11.9. The lowest BCUT2D eigenvalue weighted by molar-refractivity contribution is 0.0718. The molecule has 4 heteroatoms. The molecule has 1 amide bonds. The Bertz CT molecular complexity index is 410. The number of pyridine rings is 1. The summed E-state index contributed by atoms with van der Waals surface area (Å²) in [5.74, 6) is 0.0646. The van der Waals surface area contributed by atoms with Gasteiger partial charge < -0.3 is 10.2 Å². The topological polar surface area (TPSA) is 45.2 Å². The summed E-state index contributed by atoms with van der Waals surface area (Å²) in [6, 6.07) is 4.18. The van der Waals surface area contributed by atoms with Gasteiger partial charge in [-0.05, 0) is 44.7 Å². The van der Waals surface area contributed by atoms with Crippen molar-refractivity contribution in [3.05, 3.63) is 24.0 Å². The van der Waals surface area contributed by atoms with E-state index in [1.165, 1.54) is 6.42 Å².